The van der Waals surface area contributed by atoms with Crippen molar-refractivity contribution in [2.24, 2.45) is 0 Å². The van der Waals surface area contributed by atoms with Crippen molar-refractivity contribution in [1.82, 2.24) is 10.2 Å². The van der Waals surface area contributed by atoms with E-state index in [9.17, 15) is 4.79 Å². The molecule has 4 nitrogen and oxygen atoms in total. The van der Waals surface area contributed by atoms with Gasteiger partial charge in [0.05, 0.1) is 18.8 Å². The third-order valence-corrected chi connectivity index (χ3v) is 4.25. The molecule has 0 aromatic carbocycles. The first-order chi connectivity index (χ1) is 9.31. The Hall–Kier alpha value is -0.610. The first-order valence-corrected chi connectivity index (χ1v) is 7.95. The Balaban J connectivity index is 1.68. The van der Waals surface area contributed by atoms with Crippen LogP contribution in [0.1, 0.15) is 51.9 Å². The van der Waals surface area contributed by atoms with E-state index in [1.165, 1.54) is 32.1 Å². The van der Waals surface area contributed by atoms with Gasteiger partial charge in [-0.1, -0.05) is 26.2 Å². The van der Waals surface area contributed by atoms with Gasteiger partial charge in [-0.25, -0.2) is 0 Å². The first kappa shape index (κ1) is 14.8. The van der Waals surface area contributed by atoms with Crippen LogP contribution in [0.25, 0.3) is 0 Å². The molecule has 0 aromatic rings. The smallest absolute Gasteiger partial charge is 0.239 e. The lowest BCUT2D eigenvalue weighted by atomic mass is 9.98. The van der Waals surface area contributed by atoms with E-state index in [1.807, 2.05) is 4.90 Å². The molecule has 1 atom stereocenters. The molecule has 1 N–H and O–H groups in total. The number of ether oxygens (including phenoxy) is 1. The third-order valence-electron chi connectivity index (χ3n) is 4.25. The van der Waals surface area contributed by atoms with Gasteiger partial charge in [-0.15, -0.1) is 0 Å². The van der Waals surface area contributed by atoms with E-state index in [4.69, 9.17) is 4.74 Å². The molecule has 4 heteroatoms. The Bertz CT molecular complexity index is 275. The highest BCUT2D eigenvalue weighted by Crippen LogP contribution is 2.20. The molecule has 1 amide bonds. The fourth-order valence-corrected chi connectivity index (χ4v) is 3.16. The van der Waals surface area contributed by atoms with Crippen LogP contribution in [-0.2, 0) is 9.53 Å². The van der Waals surface area contributed by atoms with Gasteiger partial charge in [0.25, 0.3) is 0 Å². The number of carbonyl (C=O) groups is 1. The van der Waals surface area contributed by atoms with Crippen molar-refractivity contribution in [2.75, 3.05) is 26.2 Å². The molecule has 1 aliphatic heterocycles. The maximum absolute atomic E-state index is 12.2. The molecule has 110 valence electrons. The molecule has 0 radical (unpaired) electrons. The first-order valence-electron chi connectivity index (χ1n) is 7.95. The van der Waals surface area contributed by atoms with Crippen LogP contribution < -0.4 is 5.32 Å². The van der Waals surface area contributed by atoms with E-state index in [-0.39, 0.29) is 11.9 Å². The molecule has 2 rings (SSSR count). The van der Waals surface area contributed by atoms with Crippen molar-refractivity contribution < 1.29 is 9.53 Å². The van der Waals surface area contributed by atoms with Crippen LogP contribution in [-0.4, -0.2) is 49.2 Å². The zero-order valence-corrected chi connectivity index (χ0v) is 12.2. The highest BCUT2D eigenvalue weighted by atomic mass is 16.5. The lowest BCUT2D eigenvalue weighted by molar-refractivity contribution is -0.137. The summed E-state index contributed by atoms with van der Waals surface area (Å²) in [6, 6.07) is 0.0356. The SMILES string of the molecule is CCNC1CCCN(CCOC2CCCCC2)C1=O. The van der Waals surface area contributed by atoms with Crippen LogP contribution in [0, 0.1) is 0 Å². The molecule has 1 unspecified atom stereocenters. The number of carbonyl (C=O) groups excluding carboxylic acids is 1. The number of amides is 1. The van der Waals surface area contributed by atoms with Gasteiger partial charge in [-0.3, -0.25) is 4.79 Å². The van der Waals surface area contributed by atoms with Crippen molar-refractivity contribution in [3.05, 3.63) is 0 Å². The van der Waals surface area contributed by atoms with Crippen molar-refractivity contribution in [1.29, 1.82) is 0 Å². The molecular formula is C15H28N2O2. The number of hydrogen-bond donors (Lipinski definition) is 1. The summed E-state index contributed by atoms with van der Waals surface area (Å²) in [7, 11) is 0. The van der Waals surface area contributed by atoms with Crippen LogP contribution in [0.4, 0.5) is 0 Å². The Labute approximate surface area is 116 Å². The summed E-state index contributed by atoms with van der Waals surface area (Å²) >= 11 is 0. The van der Waals surface area contributed by atoms with E-state index < -0.39 is 0 Å². The number of piperidine rings is 1. The molecule has 1 saturated heterocycles. The highest BCUT2D eigenvalue weighted by molar-refractivity contribution is 5.82. The number of hydrogen-bond acceptors (Lipinski definition) is 3. The van der Waals surface area contributed by atoms with Gasteiger partial charge in [-0.05, 0) is 32.2 Å². The van der Waals surface area contributed by atoms with E-state index in [2.05, 4.69) is 12.2 Å². The molecule has 0 aromatic heterocycles. The predicted octanol–water partition coefficient (Wildman–Crippen LogP) is 1.94. The van der Waals surface area contributed by atoms with Gasteiger partial charge < -0.3 is 15.0 Å². The van der Waals surface area contributed by atoms with Crippen LogP contribution in [0.2, 0.25) is 0 Å². The Morgan fingerprint density at radius 3 is 2.74 bits per heavy atom. The Kier molecular flexibility index (Phi) is 6.11. The number of nitrogens with one attached hydrogen (secondary N) is 1. The zero-order chi connectivity index (χ0) is 13.5. The van der Waals surface area contributed by atoms with Crippen LogP contribution in [0.3, 0.4) is 0 Å². The molecule has 2 aliphatic rings. The second-order valence-corrected chi connectivity index (χ2v) is 5.71. The number of likely N-dealkylation sites (tertiary alicyclic amines) is 1. The minimum absolute atomic E-state index is 0.0356. The highest BCUT2D eigenvalue weighted by Gasteiger charge is 2.27. The van der Waals surface area contributed by atoms with E-state index >= 15 is 0 Å². The maximum atomic E-state index is 12.2. The minimum atomic E-state index is 0.0356. The largest absolute Gasteiger partial charge is 0.376 e. The van der Waals surface area contributed by atoms with Crippen molar-refractivity contribution in [3.63, 3.8) is 0 Å². The summed E-state index contributed by atoms with van der Waals surface area (Å²) in [5, 5.41) is 3.27. The second kappa shape index (κ2) is 7.85. The number of nitrogens with zero attached hydrogens (tertiary/aromatic N) is 1. The molecule has 0 spiro atoms. The predicted molar refractivity (Wildman–Crippen MR) is 76.1 cm³/mol. The fourth-order valence-electron chi connectivity index (χ4n) is 3.16. The summed E-state index contributed by atoms with van der Waals surface area (Å²) in [5.41, 5.74) is 0. The summed E-state index contributed by atoms with van der Waals surface area (Å²) in [6.45, 7) is 5.28. The quantitative estimate of drug-likeness (QED) is 0.800. The average molecular weight is 268 g/mol. The fraction of sp³-hybridized carbons (Fsp3) is 0.933. The molecular weight excluding hydrogens is 240 g/mol. The summed E-state index contributed by atoms with van der Waals surface area (Å²) < 4.78 is 5.91. The molecule has 19 heavy (non-hydrogen) atoms. The van der Waals surface area contributed by atoms with Gasteiger partial charge in [0, 0.05) is 13.1 Å². The van der Waals surface area contributed by atoms with E-state index in [1.54, 1.807) is 0 Å². The molecule has 2 fully saturated rings. The normalized spacial score (nSPS) is 25.8. The van der Waals surface area contributed by atoms with Gasteiger partial charge >= 0.3 is 0 Å². The number of likely N-dealkylation sites (N-methyl/N-ethyl adjacent to an activating group) is 1. The van der Waals surface area contributed by atoms with E-state index in [0.29, 0.717) is 12.7 Å². The standard InChI is InChI=1S/C15H28N2O2/c1-2-16-14-9-6-10-17(15(14)18)11-12-19-13-7-4-3-5-8-13/h13-14,16H,2-12H2,1H3. The summed E-state index contributed by atoms with van der Waals surface area (Å²) in [4.78, 5) is 14.2. The lowest BCUT2D eigenvalue weighted by Gasteiger charge is -2.33. The average Bonchev–Trinajstić information content (AvgIpc) is 2.44. The molecule has 1 aliphatic carbocycles. The van der Waals surface area contributed by atoms with Crippen LogP contribution >= 0.6 is 0 Å². The molecule has 0 bridgehead atoms. The Morgan fingerprint density at radius 1 is 1.21 bits per heavy atom. The lowest BCUT2D eigenvalue weighted by Crippen LogP contribution is -2.51. The maximum Gasteiger partial charge on any atom is 0.239 e. The Morgan fingerprint density at radius 2 is 2.00 bits per heavy atom. The zero-order valence-electron chi connectivity index (χ0n) is 12.2. The third kappa shape index (κ3) is 4.46. The topological polar surface area (TPSA) is 41.6 Å². The van der Waals surface area contributed by atoms with Crippen molar-refractivity contribution in [2.45, 2.75) is 64.0 Å². The van der Waals surface area contributed by atoms with Crippen LogP contribution in [0.15, 0.2) is 0 Å². The summed E-state index contributed by atoms with van der Waals surface area (Å²) in [5.74, 6) is 0.264. The second-order valence-electron chi connectivity index (χ2n) is 5.71. The van der Waals surface area contributed by atoms with E-state index in [0.717, 1.165) is 32.5 Å². The van der Waals surface area contributed by atoms with Gasteiger partial charge in [0.1, 0.15) is 0 Å². The van der Waals surface area contributed by atoms with Crippen molar-refractivity contribution >= 4 is 5.91 Å². The molecule has 1 saturated carbocycles. The monoisotopic (exact) mass is 268 g/mol. The summed E-state index contributed by atoms with van der Waals surface area (Å²) in [6.07, 6.45) is 8.89. The minimum Gasteiger partial charge on any atom is -0.376 e. The number of rotatable bonds is 6. The van der Waals surface area contributed by atoms with Gasteiger partial charge in [-0.2, -0.15) is 0 Å². The van der Waals surface area contributed by atoms with Gasteiger partial charge in [0.15, 0.2) is 0 Å². The molecule has 1 heterocycles. The van der Waals surface area contributed by atoms with Crippen molar-refractivity contribution in [3.8, 4) is 0 Å². The van der Waals surface area contributed by atoms with Crippen LogP contribution in [0.5, 0.6) is 0 Å². The van der Waals surface area contributed by atoms with Gasteiger partial charge in [0.2, 0.25) is 5.91 Å².